The van der Waals surface area contributed by atoms with E-state index in [1.54, 1.807) is 22.7 Å². The molecule has 0 aromatic carbocycles. The van der Waals surface area contributed by atoms with Crippen molar-refractivity contribution in [3.8, 4) is 0 Å². The van der Waals surface area contributed by atoms with Gasteiger partial charge >= 0.3 is 0 Å². The van der Waals surface area contributed by atoms with Crippen LogP contribution in [0.25, 0.3) is 0 Å². The van der Waals surface area contributed by atoms with Crippen LogP contribution in [0.1, 0.15) is 9.75 Å². The zero-order chi connectivity index (χ0) is 10.7. The second-order valence-electron chi connectivity index (χ2n) is 3.04. The highest BCUT2D eigenvalue weighted by atomic mass is 79.9. The van der Waals surface area contributed by atoms with Gasteiger partial charge in [-0.2, -0.15) is 0 Å². The normalized spacial score (nSPS) is 10.8. The average Bonchev–Trinajstić information content (AvgIpc) is 2.76. The van der Waals surface area contributed by atoms with E-state index < -0.39 is 0 Å². The van der Waals surface area contributed by atoms with E-state index in [0.29, 0.717) is 0 Å². The van der Waals surface area contributed by atoms with Crippen molar-refractivity contribution >= 4 is 50.2 Å². The third-order valence-electron chi connectivity index (χ3n) is 1.85. The highest BCUT2D eigenvalue weighted by Crippen LogP contribution is 2.22. The fourth-order valence-electron chi connectivity index (χ4n) is 1.20. The Morgan fingerprint density at radius 2 is 2.07 bits per heavy atom. The van der Waals surface area contributed by atoms with Crippen molar-refractivity contribution in [1.29, 1.82) is 0 Å². The van der Waals surface area contributed by atoms with E-state index in [1.165, 1.54) is 13.5 Å². The van der Waals surface area contributed by atoms with Crippen LogP contribution in [0.2, 0.25) is 5.02 Å². The molecule has 1 N–H and O–H groups in total. The molecule has 1 nitrogen and oxygen atoms in total. The first-order valence-electron chi connectivity index (χ1n) is 4.42. The van der Waals surface area contributed by atoms with Gasteiger partial charge in [-0.05, 0) is 34.1 Å². The molecule has 0 saturated carbocycles. The second kappa shape index (κ2) is 5.46. The fraction of sp³-hybridized carbons (Fsp3) is 0.200. The van der Waals surface area contributed by atoms with E-state index in [9.17, 15) is 0 Å². The summed E-state index contributed by atoms with van der Waals surface area (Å²) < 4.78 is 1.18. The lowest BCUT2D eigenvalue weighted by atomic mass is 10.4. The molecule has 0 spiro atoms. The molecule has 2 rings (SSSR count). The molecular weight excluding hydrogens is 314 g/mol. The monoisotopic (exact) mass is 321 g/mol. The van der Waals surface area contributed by atoms with Gasteiger partial charge in [0.1, 0.15) is 0 Å². The number of nitrogens with one attached hydrogen (secondary N) is 1. The zero-order valence-electron chi connectivity index (χ0n) is 7.80. The minimum atomic E-state index is 0.829. The molecule has 0 fully saturated rings. The third kappa shape index (κ3) is 3.57. The van der Waals surface area contributed by atoms with Crippen LogP contribution in [0.15, 0.2) is 27.4 Å². The maximum atomic E-state index is 5.84. The van der Waals surface area contributed by atoms with Crippen LogP contribution in [-0.4, -0.2) is 0 Å². The van der Waals surface area contributed by atoms with E-state index in [0.717, 1.165) is 18.1 Å². The lowest BCUT2D eigenvalue weighted by Crippen LogP contribution is -2.10. The van der Waals surface area contributed by atoms with E-state index in [-0.39, 0.29) is 0 Å². The van der Waals surface area contributed by atoms with Gasteiger partial charge in [0.25, 0.3) is 0 Å². The topological polar surface area (TPSA) is 12.0 Å². The largest absolute Gasteiger partial charge is 0.307 e. The Morgan fingerprint density at radius 3 is 2.67 bits per heavy atom. The molecule has 0 unspecified atom stereocenters. The summed E-state index contributed by atoms with van der Waals surface area (Å²) >= 11 is 12.7. The van der Waals surface area contributed by atoms with Crippen molar-refractivity contribution in [2.75, 3.05) is 0 Å². The van der Waals surface area contributed by atoms with Crippen LogP contribution in [0.5, 0.6) is 0 Å². The molecule has 0 radical (unpaired) electrons. The van der Waals surface area contributed by atoms with Crippen molar-refractivity contribution in [3.05, 3.63) is 42.1 Å². The van der Waals surface area contributed by atoms with Gasteiger partial charge < -0.3 is 5.32 Å². The van der Waals surface area contributed by atoms with Crippen LogP contribution in [-0.2, 0) is 13.1 Å². The Hall–Kier alpha value is 0.130. The quantitative estimate of drug-likeness (QED) is 0.873. The molecule has 15 heavy (non-hydrogen) atoms. The summed E-state index contributed by atoms with van der Waals surface area (Å²) in [5.41, 5.74) is 0. The summed E-state index contributed by atoms with van der Waals surface area (Å²) in [5.74, 6) is 0. The third-order valence-corrected chi connectivity index (χ3v) is 4.76. The van der Waals surface area contributed by atoms with E-state index >= 15 is 0 Å². The van der Waals surface area contributed by atoms with Crippen LogP contribution >= 0.6 is 50.2 Å². The first-order valence-corrected chi connectivity index (χ1v) is 7.28. The highest BCUT2D eigenvalue weighted by Gasteiger charge is 1.99. The predicted octanol–water partition coefficient (Wildman–Crippen LogP) is 4.52. The molecule has 0 aliphatic rings. The Bertz CT molecular complexity index is 398. The van der Waals surface area contributed by atoms with Crippen LogP contribution in [0, 0.1) is 0 Å². The number of thiophene rings is 2. The van der Waals surface area contributed by atoms with Crippen molar-refractivity contribution in [2.24, 2.45) is 0 Å². The van der Waals surface area contributed by atoms with Crippen LogP contribution in [0.3, 0.4) is 0 Å². The minimum Gasteiger partial charge on any atom is -0.307 e. The molecule has 2 aromatic heterocycles. The Kier molecular flexibility index (Phi) is 4.22. The summed E-state index contributed by atoms with van der Waals surface area (Å²) in [5, 5.41) is 6.17. The van der Waals surface area contributed by atoms with Crippen LogP contribution < -0.4 is 5.32 Å². The van der Waals surface area contributed by atoms with Crippen molar-refractivity contribution in [2.45, 2.75) is 13.1 Å². The summed E-state index contributed by atoms with van der Waals surface area (Å²) in [6.07, 6.45) is 0. The predicted molar refractivity (Wildman–Crippen MR) is 71.9 cm³/mol. The fourth-order valence-corrected chi connectivity index (χ4v) is 3.70. The molecule has 0 bridgehead atoms. The lowest BCUT2D eigenvalue weighted by molar-refractivity contribution is 0.709. The molecule has 2 heterocycles. The molecule has 0 atom stereocenters. The summed E-state index contributed by atoms with van der Waals surface area (Å²) in [6, 6.07) is 6.20. The van der Waals surface area contributed by atoms with Gasteiger partial charge in [-0.25, -0.2) is 0 Å². The Labute approximate surface area is 110 Å². The van der Waals surface area contributed by atoms with Gasteiger partial charge in [-0.3, -0.25) is 0 Å². The summed E-state index contributed by atoms with van der Waals surface area (Å²) in [7, 11) is 0. The zero-order valence-corrected chi connectivity index (χ0v) is 11.8. The summed E-state index contributed by atoms with van der Waals surface area (Å²) in [4.78, 5) is 2.61. The Morgan fingerprint density at radius 1 is 1.27 bits per heavy atom. The highest BCUT2D eigenvalue weighted by molar-refractivity contribution is 9.11. The molecular formula is C10H9BrClNS2. The maximum absolute atomic E-state index is 5.84. The smallest absolute Gasteiger partial charge is 0.0701 e. The van der Waals surface area contributed by atoms with Gasteiger partial charge in [0, 0.05) is 28.2 Å². The van der Waals surface area contributed by atoms with E-state index in [4.69, 9.17) is 11.6 Å². The van der Waals surface area contributed by atoms with Gasteiger partial charge in [-0.1, -0.05) is 11.6 Å². The van der Waals surface area contributed by atoms with Gasteiger partial charge in [0.2, 0.25) is 0 Å². The first kappa shape index (κ1) is 11.6. The van der Waals surface area contributed by atoms with Gasteiger partial charge in [-0.15, -0.1) is 22.7 Å². The first-order chi connectivity index (χ1) is 7.24. The minimum absolute atomic E-state index is 0.829. The second-order valence-corrected chi connectivity index (χ2v) is 7.02. The molecule has 0 amide bonds. The van der Waals surface area contributed by atoms with Gasteiger partial charge in [0.15, 0.2) is 0 Å². The Balaban J connectivity index is 1.80. The number of hydrogen-bond acceptors (Lipinski definition) is 3. The lowest BCUT2D eigenvalue weighted by Gasteiger charge is -1.99. The standard InChI is InChI=1S/C10H9BrClNS2/c11-10-2-1-8(15-10)4-13-5-9-3-7(12)6-14-9/h1-3,6,13H,4-5H2. The van der Waals surface area contributed by atoms with Crippen molar-refractivity contribution in [1.82, 2.24) is 5.32 Å². The molecule has 5 heteroatoms. The molecule has 0 aliphatic carbocycles. The molecule has 0 saturated heterocycles. The van der Waals surface area contributed by atoms with E-state index in [1.807, 2.05) is 11.4 Å². The van der Waals surface area contributed by atoms with Crippen LogP contribution in [0.4, 0.5) is 0 Å². The van der Waals surface area contributed by atoms with E-state index in [2.05, 4.69) is 33.4 Å². The van der Waals surface area contributed by atoms with Crippen molar-refractivity contribution < 1.29 is 0 Å². The number of halogens is 2. The molecule has 0 aliphatic heterocycles. The number of rotatable bonds is 4. The van der Waals surface area contributed by atoms with Gasteiger partial charge in [0.05, 0.1) is 8.81 Å². The molecule has 2 aromatic rings. The average molecular weight is 323 g/mol. The van der Waals surface area contributed by atoms with Crippen molar-refractivity contribution in [3.63, 3.8) is 0 Å². The number of hydrogen-bond donors (Lipinski definition) is 1. The maximum Gasteiger partial charge on any atom is 0.0701 e. The summed E-state index contributed by atoms with van der Waals surface area (Å²) in [6.45, 7) is 1.79. The molecule has 80 valence electrons. The SMILES string of the molecule is Clc1csc(CNCc2ccc(Br)s2)c1.